The van der Waals surface area contributed by atoms with Crippen molar-refractivity contribution in [1.82, 2.24) is 4.57 Å². The molecule has 0 spiro atoms. The van der Waals surface area contributed by atoms with Gasteiger partial charge in [-0.3, -0.25) is 4.79 Å². The fourth-order valence-electron chi connectivity index (χ4n) is 4.26. The van der Waals surface area contributed by atoms with Gasteiger partial charge < -0.3 is 14.6 Å². The highest BCUT2D eigenvalue weighted by Gasteiger charge is 2.28. The molecule has 4 aromatic rings. The van der Waals surface area contributed by atoms with Crippen molar-refractivity contribution < 1.29 is 26.7 Å². The van der Waals surface area contributed by atoms with E-state index < -0.39 is 27.1 Å². The molecule has 0 aliphatic carbocycles. The summed E-state index contributed by atoms with van der Waals surface area (Å²) >= 11 is 0. The number of halogens is 2. The maximum Gasteiger partial charge on any atom is 0.228 e. The monoisotopic (exact) mass is 526 g/mol. The molecule has 0 radical (unpaired) electrons. The van der Waals surface area contributed by atoms with E-state index >= 15 is 0 Å². The molecular weight excluding hydrogens is 498 g/mol. The van der Waals surface area contributed by atoms with Gasteiger partial charge in [0.1, 0.15) is 11.4 Å². The average molecular weight is 527 g/mol. The first kappa shape index (κ1) is 26.3. The van der Waals surface area contributed by atoms with Crippen LogP contribution in [0.5, 0.6) is 5.75 Å². The minimum atomic E-state index is -3.29. The van der Waals surface area contributed by atoms with Crippen LogP contribution in [-0.4, -0.2) is 24.6 Å². The van der Waals surface area contributed by atoms with Crippen LogP contribution in [0.25, 0.3) is 10.9 Å². The first-order valence-electron chi connectivity index (χ1n) is 11.7. The van der Waals surface area contributed by atoms with E-state index in [9.17, 15) is 22.0 Å². The number of carbonyl (C=O) groups excluding carboxylic acids is 1. The lowest BCUT2D eigenvalue weighted by atomic mass is 10.0. The zero-order valence-electron chi connectivity index (χ0n) is 21.0. The predicted octanol–water partition coefficient (Wildman–Crippen LogP) is 5.75. The van der Waals surface area contributed by atoms with Gasteiger partial charge in [0.15, 0.2) is 21.4 Å². The molecule has 1 amide bonds. The molecule has 0 atom stereocenters. The second kappa shape index (κ2) is 9.97. The van der Waals surface area contributed by atoms with Crippen LogP contribution in [0, 0.1) is 11.6 Å². The first-order valence-corrected chi connectivity index (χ1v) is 13.4. The second-order valence-electron chi connectivity index (χ2n) is 9.32. The van der Waals surface area contributed by atoms with E-state index in [1.165, 1.54) is 18.2 Å². The Kier molecular flexibility index (Phi) is 7.10. The number of carbonyl (C=O) groups is 1. The normalized spacial score (nSPS) is 12.1. The third-order valence-corrected chi connectivity index (χ3v) is 7.98. The average Bonchev–Trinajstić information content (AvgIpc) is 3.18. The van der Waals surface area contributed by atoms with Crippen LogP contribution in [0.1, 0.15) is 32.0 Å². The molecule has 4 rings (SSSR count). The summed E-state index contributed by atoms with van der Waals surface area (Å²) in [5, 5.41) is 3.72. The summed E-state index contributed by atoms with van der Waals surface area (Å²) in [4.78, 5) is 12.9. The number of nitrogens with zero attached hydrogens (tertiary/aromatic N) is 1. The van der Waals surface area contributed by atoms with Gasteiger partial charge in [0.2, 0.25) is 5.91 Å². The minimum absolute atomic E-state index is 0.0168. The molecule has 37 heavy (non-hydrogen) atoms. The zero-order valence-corrected chi connectivity index (χ0v) is 21.8. The number of aromatic nitrogens is 1. The Morgan fingerprint density at radius 3 is 2.35 bits per heavy atom. The van der Waals surface area contributed by atoms with E-state index in [-0.39, 0.29) is 28.7 Å². The van der Waals surface area contributed by atoms with Gasteiger partial charge in [-0.25, -0.2) is 17.2 Å². The number of benzene rings is 3. The van der Waals surface area contributed by atoms with Crippen molar-refractivity contribution in [3.05, 3.63) is 89.6 Å². The van der Waals surface area contributed by atoms with Gasteiger partial charge >= 0.3 is 0 Å². The number of aryl methyl sites for hydroxylation is 1. The molecule has 1 heterocycles. The molecule has 0 fully saturated rings. The number of sulfone groups is 1. The molecule has 1 aromatic heterocycles. The van der Waals surface area contributed by atoms with Crippen molar-refractivity contribution >= 4 is 32.3 Å². The topological polar surface area (TPSA) is 77.4 Å². The van der Waals surface area contributed by atoms with E-state index in [4.69, 9.17) is 4.74 Å². The summed E-state index contributed by atoms with van der Waals surface area (Å²) < 4.78 is 59.2. The number of hydrogen-bond acceptors (Lipinski definition) is 4. The fourth-order valence-corrected chi connectivity index (χ4v) is 5.15. The van der Waals surface area contributed by atoms with Gasteiger partial charge in [0.05, 0.1) is 22.8 Å². The van der Waals surface area contributed by atoms with E-state index in [1.54, 1.807) is 39.0 Å². The maximum atomic E-state index is 14.2. The van der Waals surface area contributed by atoms with Crippen LogP contribution in [0.15, 0.2) is 71.6 Å². The summed E-state index contributed by atoms with van der Waals surface area (Å²) in [6.07, 6.45) is 0.0919. The standard InChI is InChI=1S/C28H28F2N2O4S/c1-5-37(34,35)22-10-6-18(7-11-22)14-27(33)31-21-9-12-24-19(15-21)16-26(32(24)4)28(2,3)36-25-13-8-20(29)17-23(25)30/h6-13,15-17H,5,14H2,1-4H3,(H,31,33). The molecule has 0 unspecified atom stereocenters. The zero-order chi connectivity index (χ0) is 27.0. The number of anilines is 1. The summed E-state index contributed by atoms with van der Waals surface area (Å²) in [7, 11) is -1.43. The maximum absolute atomic E-state index is 14.2. The van der Waals surface area contributed by atoms with Crippen LogP contribution >= 0.6 is 0 Å². The molecule has 9 heteroatoms. The van der Waals surface area contributed by atoms with Crippen molar-refractivity contribution in [1.29, 1.82) is 0 Å². The molecule has 0 aliphatic heterocycles. The number of fused-ring (bicyclic) bond motifs is 1. The third kappa shape index (κ3) is 5.67. The largest absolute Gasteiger partial charge is 0.479 e. The van der Waals surface area contributed by atoms with Gasteiger partial charge in [0, 0.05) is 29.7 Å². The van der Waals surface area contributed by atoms with Crippen molar-refractivity contribution in [3.8, 4) is 5.75 Å². The molecular formula is C28H28F2N2O4S. The smallest absolute Gasteiger partial charge is 0.228 e. The molecule has 3 aromatic carbocycles. The van der Waals surface area contributed by atoms with Crippen LogP contribution in [0.2, 0.25) is 0 Å². The first-order chi connectivity index (χ1) is 17.4. The Morgan fingerprint density at radius 1 is 1.00 bits per heavy atom. The summed E-state index contributed by atoms with van der Waals surface area (Å²) in [6, 6.07) is 16.9. The summed E-state index contributed by atoms with van der Waals surface area (Å²) in [6.45, 7) is 5.18. The van der Waals surface area contributed by atoms with Crippen molar-refractivity contribution in [2.24, 2.45) is 7.05 Å². The summed E-state index contributed by atoms with van der Waals surface area (Å²) in [5.41, 5.74) is 2.01. The Labute approximate surface area is 214 Å². The number of hydrogen-bond donors (Lipinski definition) is 1. The fraction of sp³-hybridized carbons (Fsp3) is 0.250. The molecule has 0 saturated carbocycles. The Morgan fingerprint density at radius 2 is 1.70 bits per heavy atom. The number of amides is 1. The minimum Gasteiger partial charge on any atom is -0.479 e. The third-order valence-electron chi connectivity index (χ3n) is 6.23. The van der Waals surface area contributed by atoms with Gasteiger partial charge in [-0.2, -0.15) is 0 Å². The Bertz CT molecular complexity index is 1580. The van der Waals surface area contributed by atoms with Crippen LogP contribution in [0.4, 0.5) is 14.5 Å². The lowest BCUT2D eigenvalue weighted by Crippen LogP contribution is -2.28. The number of nitrogens with one attached hydrogen (secondary N) is 1. The Balaban J connectivity index is 1.51. The van der Waals surface area contributed by atoms with Crippen LogP contribution < -0.4 is 10.1 Å². The molecule has 194 valence electrons. The molecule has 6 nitrogen and oxygen atoms in total. The van der Waals surface area contributed by atoms with Crippen molar-refractivity contribution in [3.63, 3.8) is 0 Å². The van der Waals surface area contributed by atoms with Crippen LogP contribution in [0.3, 0.4) is 0 Å². The SMILES string of the molecule is CCS(=O)(=O)c1ccc(CC(=O)Nc2ccc3c(c2)cc(C(C)(C)Oc2ccc(F)cc2F)n3C)cc1. The number of ether oxygens (including phenoxy) is 1. The van der Waals surface area contributed by atoms with Crippen molar-refractivity contribution in [2.45, 2.75) is 37.7 Å². The van der Waals surface area contributed by atoms with E-state index in [0.717, 1.165) is 28.7 Å². The summed E-state index contributed by atoms with van der Waals surface area (Å²) in [5.74, 6) is -1.73. The molecule has 1 N–H and O–H groups in total. The second-order valence-corrected chi connectivity index (χ2v) is 11.6. The van der Waals surface area contributed by atoms with Gasteiger partial charge in [-0.05, 0) is 67.9 Å². The highest BCUT2D eigenvalue weighted by atomic mass is 32.2. The van der Waals surface area contributed by atoms with E-state index in [2.05, 4.69) is 5.32 Å². The highest BCUT2D eigenvalue weighted by Crippen LogP contribution is 2.33. The molecule has 0 bridgehead atoms. The van der Waals surface area contributed by atoms with Gasteiger partial charge in [-0.15, -0.1) is 0 Å². The number of rotatable bonds is 8. The molecule has 0 saturated heterocycles. The lowest BCUT2D eigenvalue weighted by molar-refractivity contribution is -0.115. The quantitative estimate of drug-likeness (QED) is 0.317. The Hall–Kier alpha value is -3.72. The van der Waals surface area contributed by atoms with E-state index in [0.29, 0.717) is 11.3 Å². The van der Waals surface area contributed by atoms with Crippen LogP contribution in [-0.2, 0) is 33.7 Å². The van der Waals surface area contributed by atoms with Gasteiger partial charge in [-0.1, -0.05) is 19.1 Å². The molecule has 0 aliphatic rings. The predicted molar refractivity (Wildman–Crippen MR) is 139 cm³/mol. The van der Waals surface area contributed by atoms with Crippen molar-refractivity contribution in [2.75, 3.05) is 11.1 Å². The highest BCUT2D eigenvalue weighted by molar-refractivity contribution is 7.91. The van der Waals surface area contributed by atoms with Gasteiger partial charge in [0.25, 0.3) is 0 Å². The van der Waals surface area contributed by atoms with E-state index in [1.807, 2.05) is 29.8 Å². The lowest BCUT2D eigenvalue weighted by Gasteiger charge is -2.27.